The maximum absolute atomic E-state index is 13.1. The van der Waals surface area contributed by atoms with Crippen molar-refractivity contribution in [3.63, 3.8) is 0 Å². The molecule has 9 heteroatoms. The topological polar surface area (TPSA) is 82.5 Å². The number of carboxylic acid groups (broad SMARTS) is 1. The zero-order valence-corrected chi connectivity index (χ0v) is 19.4. The number of thiazole rings is 1. The van der Waals surface area contributed by atoms with Gasteiger partial charge in [-0.2, -0.15) is 0 Å². The minimum Gasteiger partial charge on any atom is -0.481 e. The number of aliphatic carboxylic acids is 1. The summed E-state index contributed by atoms with van der Waals surface area (Å²) in [6, 6.07) is 10.4. The van der Waals surface area contributed by atoms with Crippen LogP contribution in [0.3, 0.4) is 0 Å². The first-order chi connectivity index (χ1) is 14.5. The van der Waals surface area contributed by atoms with Crippen LogP contribution in [0.4, 0.5) is 9.93 Å². The predicted molar refractivity (Wildman–Crippen MR) is 125 cm³/mol. The molecule has 0 radical (unpaired) electrons. The monoisotopic (exact) mass is 465 g/mol. The number of hydrogen-bond acceptors (Lipinski definition) is 6. The van der Waals surface area contributed by atoms with Gasteiger partial charge in [-0.15, -0.1) is 23.5 Å². The fraction of sp³-hybridized carbons (Fsp3) is 0.476. The summed E-state index contributed by atoms with van der Waals surface area (Å²) < 4.78 is 0.783. The van der Waals surface area contributed by atoms with Gasteiger partial charge in [0.05, 0.1) is 16.2 Å². The number of aromatic nitrogens is 1. The molecule has 0 unspecified atom stereocenters. The average Bonchev–Trinajstić information content (AvgIpc) is 3.18. The van der Waals surface area contributed by atoms with E-state index in [1.54, 1.807) is 18.0 Å². The first-order valence-electron chi connectivity index (χ1n) is 10.1. The number of carbonyl (C=O) groups excluding carboxylic acids is 1. The minimum atomic E-state index is -0.868. The number of nitrogens with one attached hydrogen (secondary N) is 1. The van der Waals surface area contributed by atoms with E-state index in [1.165, 1.54) is 28.0 Å². The third kappa shape index (κ3) is 7.21. The fourth-order valence-electron chi connectivity index (χ4n) is 3.46. The number of carboxylic acids is 1. The van der Waals surface area contributed by atoms with E-state index in [1.807, 2.05) is 23.1 Å². The quantitative estimate of drug-likeness (QED) is 0.474. The molecule has 0 bridgehead atoms. The zero-order valence-electron chi connectivity index (χ0n) is 17.0. The number of hydrogen-bond donors (Lipinski definition) is 2. The van der Waals surface area contributed by atoms with Crippen LogP contribution in [0.5, 0.6) is 0 Å². The molecule has 1 aromatic heterocycles. The molecular weight excluding hydrogens is 438 g/mol. The second-order valence-corrected chi connectivity index (χ2v) is 10.8. The molecule has 0 saturated heterocycles. The van der Waals surface area contributed by atoms with E-state index in [4.69, 9.17) is 5.11 Å². The van der Waals surface area contributed by atoms with Crippen LogP contribution in [0, 0.1) is 5.92 Å². The van der Waals surface area contributed by atoms with Crippen molar-refractivity contribution >= 4 is 52.0 Å². The van der Waals surface area contributed by atoms with Crippen LogP contribution in [0.25, 0.3) is 0 Å². The van der Waals surface area contributed by atoms with Crippen molar-refractivity contribution < 1.29 is 14.7 Å². The van der Waals surface area contributed by atoms with Crippen molar-refractivity contribution in [2.75, 3.05) is 23.4 Å². The van der Waals surface area contributed by atoms with Gasteiger partial charge >= 0.3 is 12.0 Å². The van der Waals surface area contributed by atoms with Crippen LogP contribution in [-0.2, 0) is 4.79 Å². The lowest BCUT2D eigenvalue weighted by atomic mass is 9.86. The van der Waals surface area contributed by atoms with Crippen molar-refractivity contribution in [1.29, 1.82) is 0 Å². The van der Waals surface area contributed by atoms with E-state index in [2.05, 4.69) is 29.4 Å². The van der Waals surface area contributed by atoms with Crippen LogP contribution in [-0.4, -0.2) is 51.1 Å². The Morgan fingerprint density at radius 1 is 1.20 bits per heavy atom. The van der Waals surface area contributed by atoms with Crippen molar-refractivity contribution in [2.45, 2.75) is 47.8 Å². The molecule has 2 aromatic rings. The molecule has 0 spiro atoms. The SMILES string of the molecule is C[C@H]1CC[C@H](N(CCSc2ccccc2)C(=O)Nc2ncc(SCC(=O)O)s2)CC1. The summed E-state index contributed by atoms with van der Waals surface area (Å²) in [6.07, 6.45) is 5.97. The summed E-state index contributed by atoms with van der Waals surface area (Å²) in [5.74, 6) is 0.671. The molecule has 1 aromatic carbocycles. The van der Waals surface area contributed by atoms with Gasteiger partial charge in [0.25, 0.3) is 0 Å². The van der Waals surface area contributed by atoms with Gasteiger partial charge in [0.2, 0.25) is 0 Å². The van der Waals surface area contributed by atoms with E-state index in [9.17, 15) is 9.59 Å². The third-order valence-electron chi connectivity index (χ3n) is 5.07. The van der Waals surface area contributed by atoms with E-state index >= 15 is 0 Å². The maximum Gasteiger partial charge on any atom is 0.323 e. The lowest BCUT2D eigenvalue weighted by molar-refractivity contribution is -0.133. The first-order valence-corrected chi connectivity index (χ1v) is 12.9. The zero-order chi connectivity index (χ0) is 21.3. The van der Waals surface area contributed by atoms with Crippen LogP contribution >= 0.6 is 34.9 Å². The van der Waals surface area contributed by atoms with E-state index in [-0.39, 0.29) is 17.8 Å². The van der Waals surface area contributed by atoms with Gasteiger partial charge in [0, 0.05) is 23.2 Å². The van der Waals surface area contributed by atoms with Crippen LogP contribution in [0.2, 0.25) is 0 Å². The second kappa shape index (κ2) is 11.6. The third-order valence-corrected chi connectivity index (χ3v) is 8.15. The standard InChI is InChI=1S/C21H27N3O3S3/c1-15-7-9-16(10-8-15)24(11-12-28-17-5-3-2-4-6-17)21(27)23-20-22-13-19(30-20)29-14-18(25)26/h2-6,13,15-16H,7-12,14H2,1H3,(H,25,26)(H,22,23,27)/t15-,16-. The molecule has 1 heterocycles. The molecule has 2 amide bonds. The molecule has 2 N–H and O–H groups in total. The Balaban J connectivity index is 1.60. The lowest BCUT2D eigenvalue weighted by Crippen LogP contribution is -2.45. The Morgan fingerprint density at radius 3 is 2.63 bits per heavy atom. The molecule has 1 aliphatic carbocycles. The Morgan fingerprint density at radius 2 is 1.93 bits per heavy atom. The van der Waals surface area contributed by atoms with Gasteiger partial charge in [-0.05, 0) is 43.7 Å². The van der Waals surface area contributed by atoms with Gasteiger partial charge in [0.1, 0.15) is 0 Å². The minimum absolute atomic E-state index is 0.0152. The summed E-state index contributed by atoms with van der Waals surface area (Å²) in [7, 11) is 0. The highest BCUT2D eigenvalue weighted by molar-refractivity contribution is 8.01. The summed E-state index contributed by atoms with van der Waals surface area (Å²) in [6.45, 7) is 2.95. The summed E-state index contributed by atoms with van der Waals surface area (Å²) in [4.78, 5) is 31.2. The number of benzene rings is 1. The highest BCUT2D eigenvalue weighted by atomic mass is 32.2. The molecule has 1 fully saturated rings. The van der Waals surface area contributed by atoms with Crippen LogP contribution in [0.15, 0.2) is 45.6 Å². The molecule has 1 aliphatic rings. The van der Waals surface area contributed by atoms with Crippen molar-refractivity contribution in [3.05, 3.63) is 36.5 Å². The smallest absolute Gasteiger partial charge is 0.323 e. The van der Waals surface area contributed by atoms with Gasteiger partial charge in [-0.25, -0.2) is 9.78 Å². The van der Waals surface area contributed by atoms with Crippen molar-refractivity contribution in [1.82, 2.24) is 9.88 Å². The molecule has 162 valence electrons. The molecule has 1 saturated carbocycles. The Kier molecular flexibility index (Phi) is 8.89. The maximum atomic E-state index is 13.1. The summed E-state index contributed by atoms with van der Waals surface area (Å²) in [5, 5.41) is 12.3. The summed E-state index contributed by atoms with van der Waals surface area (Å²) >= 11 is 4.28. The van der Waals surface area contributed by atoms with Gasteiger partial charge in [0.15, 0.2) is 5.13 Å². The number of carbonyl (C=O) groups is 2. The van der Waals surface area contributed by atoms with Crippen molar-refractivity contribution in [3.8, 4) is 0 Å². The number of amides is 2. The molecule has 0 aliphatic heterocycles. The van der Waals surface area contributed by atoms with Crippen LogP contribution in [0.1, 0.15) is 32.6 Å². The average molecular weight is 466 g/mol. The molecule has 30 heavy (non-hydrogen) atoms. The van der Waals surface area contributed by atoms with Gasteiger partial charge in [-0.1, -0.05) is 36.5 Å². The normalized spacial score (nSPS) is 18.7. The Labute approximate surface area is 189 Å². The van der Waals surface area contributed by atoms with Crippen molar-refractivity contribution in [2.24, 2.45) is 5.92 Å². The Bertz CT molecular complexity index is 823. The van der Waals surface area contributed by atoms with E-state index in [0.717, 1.165) is 41.6 Å². The van der Waals surface area contributed by atoms with Gasteiger partial charge < -0.3 is 10.0 Å². The van der Waals surface area contributed by atoms with E-state index < -0.39 is 5.97 Å². The van der Waals surface area contributed by atoms with Gasteiger partial charge in [-0.3, -0.25) is 10.1 Å². The number of urea groups is 1. The number of rotatable bonds is 9. The fourth-order valence-corrected chi connectivity index (χ4v) is 5.92. The largest absolute Gasteiger partial charge is 0.481 e. The van der Waals surface area contributed by atoms with Crippen LogP contribution < -0.4 is 5.32 Å². The molecule has 6 nitrogen and oxygen atoms in total. The molecule has 3 rings (SSSR count). The highest BCUT2D eigenvalue weighted by Crippen LogP contribution is 2.30. The highest BCUT2D eigenvalue weighted by Gasteiger charge is 2.28. The Hall–Kier alpha value is -1.71. The second-order valence-electron chi connectivity index (χ2n) is 7.37. The summed E-state index contributed by atoms with van der Waals surface area (Å²) in [5.41, 5.74) is 0. The number of anilines is 1. The first kappa shape index (κ1) is 23.0. The number of thioether (sulfide) groups is 2. The molecular formula is C21H27N3O3S3. The predicted octanol–water partition coefficient (Wildman–Crippen LogP) is 5.52. The molecule has 0 atom stereocenters. The number of nitrogens with zero attached hydrogens (tertiary/aromatic N) is 2. The lowest BCUT2D eigenvalue weighted by Gasteiger charge is -2.36. The van der Waals surface area contributed by atoms with E-state index in [0.29, 0.717) is 11.7 Å².